The molecule has 1 saturated heterocycles. The fraction of sp³-hybridized carbons (Fsp3) is 0.250. The van der Waals surface area contributed by atoms with Gasteiger partial charge in [0, 0.05) is 24.2 Å². The fourth-order valence-corrected chi connectivity index (χ4v) is 2.71. The summed E-state index contributed by atoms with van der Waals surface area (Å²) in [6, 6.07) is 4.37. The lowest BCUT2D eigenvalue weighted by molar-refractivity contribution is -0.991. The highest BCUT2D eigenvalue weighted by Gasteiger charge is 2.29. The quantitative estimate of drug-likeness (QED) is 0.497. The van der Waals surface area contributed by atoms with E-state index >= 15 is 0 Å². The number of nitrogens with one attached hydrogen (secondary N) is 4. The van der Waals surface area contributed by atoms with E-state index in [9.17, 15) is 14.8 Å². The lowest BCUT2D eigenvalue weighted by Crippen LogP contribution is -2.99. The molecule has 5 N–H and O–H groups in total. The lowest BCUT2D eigenvalue weighted by atomic mass is 10.1. The molecule has 2 rings (SSSR count). The van der Waals surface area contributed by atoms with Gasteiger partial charge >= 0.3 is 0 Å². The van der Waals surface area contributed by atoms with Gasteiger partial charge in [-0.25, -0.2) is 5.21 Å². The van der Waals surface area contributed by atoms with Gasteiger partial charge in [-0.2, -0.15) is 5.23 Å². The van der Waals surface area contributed by atoms with Gasteiger partial charge in [0.15, 0.2) is 10.9 Å². The second kappa shape index (κ2) is 6.22. The normalized spacial score (nSPS) is 19.9. The second-order valence-corrected chi connectivity index (χ2v) is 5.73. The van der Waals surface area contributed by atoms with E-state index in [1.54, 1.807) is 6.92 Å². The van der Waals surface area contributed by atoms with Crippen LogP contribution in [0.1, 0.15) is 12.0 Å². The Labute approximate surface area is 124 Å². The van der Waals surface area contributed by atoms with Crippen LogP contribution >= 0.6 is 11.8 Å². The Morgan fingerprint density at radius 1 is 1.62 bits per heavy atom. The molecule has 1 heterocycles. The van der Waals surface area contributed by atoms with E-state index in [1.165, 1.54) is 18.2 Å². The highest BCUT2D eigenvalue weighted by Crippen LogP contribution is 2.23. The molecule has 1 fully saturated rings. The van der Waals surface area contributed by atoms with Crippen molar-refractivity contribution in [3.05, 3.63) is 29.0 Å². The molecule has 0 spiro atoms. The first-order valence-corrected chi connectivity index (χ1v) is 6.94. The van der Waals surface area contributed by atoms with Crippen LogP contribution < -0.4 is 15.9 Å². The number of hydrogen-bond acceptors (Lipinski definition) is 6. The number of carbonyl (C=O) groups excluding carboxylic acids is 2. The molecular weight excluding hydrogens is 296 g/mol. The molecule has 0 radical (unpaired) electrons. The summed E-state index contributed by atoms with van der Waals surface area (Å²) in [5, 5.41) is 30.4. The molecule has 0 bridgehead atoms. The van der Waals surface area contributed by atoms with Gasteiger partial charge in [0.2, 0.25) is 11.8 Å². The molecule has 1 unspecified atom stereocenters. The van der Waals surface area contributed by atoms with Gasteiger partial charge in [-0.3, -0.25) is 15.0 Å². The van der Waals surface area contributed by atoms with Gasteiger partial charge in [0.1, 0.15) is 5.25 Å². The summed E-state index contributed by atoms with van der Waals surface area (Å²) in [4.78, 5) is 23.4. The maximum Gasteiger partial charge on any atom is 0.238 e. The van der Waals surface area contributed by atoms with Gasteiger partial charge in [0.05, 0.1) is 0 Å². The Kier molecular flexibility index (Phi) is 4.58. The van der Waals surface area contributed by atoms with Gasteiger partial charge in [0.25, 0.3) is 0 Å². The SMILES string of the molecule is Cc1cc([NH+]([O-])O)ccc1NC(=O)[C@@H]1CC(=O)NC(=N)S1. The van der Waals surface area contributed by atoms with Gasteiger partial charge < -0.3 is 15.8 Å². The molecule has 8 nitrogen and oxygen atoms in total. The molecule has 9 heteroatoms. The number of anilines is 1. The first-order chi connectivity index (χ1) is 9.86. The number of quaternary nitrogens is 1. The topological polar surface area (TPSA) is 130 Å². The minimum atomic E-state index is -1.04. The standard InChI is InChI=1S/C12H14N4O4S/c1-6-4-7(16(19)20)2-3-8(6)14-11(18)9-5-10(17)15-12(13)21-9/h2-4,9,16,19H,5H2,1H3,(H,14,18)(H2,13,15,17)/t9-/m0/s1. The van der Waals surface area contributed by atoms with Crippen LogP contribution in [0.25, 0.3) is 0 Å². The Balaban J connectivity index is 2.09. The van der Waals surface area contributed by atoms with Crippen molar-refractivity contribution in [2.24, 2.45) is 0 Å². The van der Waals surface area contributed by atoms with Crippen LogP contribution in [-0.2, 0) is 9.59 Å². The van der Waals surface area contributed by atoms with Crippen molar-refractivity contribution >= 4 is 40.1 Å². The van der Waals surface area contributed by atoms with Crippen LogP contribution in [0, 0.1) is 17.5 Å². The number of carbonyl (C=O) groups is 2. The molecular formula is C12H14N4O4S. The van der Waals surface area contributed by atoms with Gasteiger partial charge in [-0.05, 0) is 18.6 Å². The number of amidine groups is 1. The number of benzene rings is 1. The van der Waals surface area contributed by atoms with Crippen molar-refractivity contribution in [2.45, 2.75) is 18.6 Å². The van der Waals surface area contributed by atoms with E-state index < -0.39 is 10.5 Å². The first-order valence-electron chi connectivity index (χ1n) is 6.06. The average Bonchev–Trinajstić information content (AvgIpc) is 2.39. The number of thioether (sulfide) groups is 1. The number of aryl methyl sites for hydroxylation is 1. The third-order valence-electron chi connectivity index (χ3n) is 2.91. The van der Waals surface area contributed by atoms with Crippen LogP contribution in [0.15, 0.2) is 18.2 Å². The Hall–Kier alpha value is -1.94. The predicted molar refractivity (Wildman–Crippen MR) is 77.5 cm³/mol. The summed E-state index contributed by atoms with van der Waals surface area (Å²) in [5.41, 5.74) is 1.24. The summed E-state index contributed by atoms with van der Waals surface area (Å²) in [6.07, 6.45) is 0.00510. The minimum absolute atomic E-state index is 0.00510. The molecule has 1 aromatic rings. The first kappa shape index (κ1) is 15.4. The van der Waals surface area contributed by atoms with E-state index in [-0.39, 0.29) is 29.1 Å². The predicted octanol–water partition coefficient (Wildman–Crippen LogP) is -0.107. The molecule has 21 heavy (non-hydrogen) atoms. The van der Waals surface area contributed by atoms with E-state index in [0.717, 1.165) is 11.8 Å². The number of rotatable bonds is 3. The summed E-state index contributed by atoms with van der Waals surface area (Å²) in [5.74, 6) is -0.748. The third kappa shape index (κ3) is 3.79. The van der Waals surface area contributed by atoms with Gasteiger partial charge in [-0.15, -0.1) is 0 Å². The zero-order chi connectivity index (χ0) is 15.6. The maximum atomic E-state index is 12.1. The molecule has 0 aliphatic carbocycles. The average molecular weight is 310 g/mol. The van der Waals surface area contributed by atoms with Gasteiger partial charge in [-0.1, -0.05) is 11.8 Å². The Bertz CT molecular complexity index is 589. The molecule has 112 valence electrons. The zero-order valence-electron chi connectivity index (χ0n) is 11.1. The summed E-state index contributed by atoms with van der Waals surface area (Å²) in [7, 11) is 0. The minimum Gasteiger partial charge on any atom is -0.595 e. The van der Waals surface area contributed by atoms with Crippen molar-refractivity contribution in [3.8, 4) is 0 Å². The number of hydrogen-bond donors (Lipinski definition) is 5. The van der Waals surface area contributed by atoms with Crippen molar-refractivity contribution in [1.29, 1.82) is 5.41 Å². The van der Waals surface area contributed by atoms with E-state index in [4.69, 9.17) is 10.6 Å². The number of amides is 2. The van der Waals surface area contributed by atoms with E-state index in [0.29, 0.717) is 11.3 Å². The molecule has 1 aromatic carbocycles. The molecule has 2 atom stereocenters. The molecule has 1 aliphatic rings. The molecule has 0 saturated carbocycles. The van der Waals surface area contributed by atoms with Crippen LogP contribution in [-0.4, -0.2) is 27.4 Å². The van der Waals surface area contributed by atoms with Crippen molar-refractivity contribution in [1.82, 2.24) is 5.32 Å². The molecule has 0 aromatic heterocycles. The Morgan fingerprint density at radius 2 is 2.33 bits per heavy atom. The maximum absolute atomic E-state index is 12.1. The molecule has 2 amide bonds. The van der Waals surface area contributed by atoms with Crippen molar-refractivity contribution < 1.29 is 20.0 Å². The summed E-state index contributed by atoms with van der Waals surface area (Å²) >= 11 is 0.977. The van der Waals surface area contributed by atoms with Crippen LogP contribution in [0.2, 0.25) is 0 Å². The van der Waals surface area contributed by atoms with Crippen LogP contribution in [0.3, 0.4) is 0 Å². The monoisotopic (exact) mass is 310 g/mol. The summed E-state index contributed by atoms with van der Waals surface area (Å²) < 4.78 is 0. The summed E-state index contributed by atoms with van der Waals surface area (Å²) in [6.45, 7) is 1.69. The smallest absolute Gasteiger partial charge is 0.238 e. The van der Waals surface area contributed by atoms with Crippen LogP contribution in [0.4, 0.5) is 11.4 Å². The van der Waals surface area contributed by atoms with Crippen molar-refractivity contribution in [3.63, 3.8) is 0 Å². The zero-order valence-corrected chi connectivity index (χ0v) is 11.9. The lowest BCUT2D eigenvalue weighted by Gasteiger charge is -2.21. The van der Waals surface area contributed by atoms with E-state index in [1.807, 2.05) is 0 Å². The molecule has 1 aliphatic heterocycles. The largest absolute Gasteiger partial charge is 0.595 e. The van der Waals surface area contributed by atoms with Crippen molar-refractivity contribution in [2.75, 3.05) is 5.32 Å². The Morgan fingerprint density at radius 3 is 2.90 bits per heavy atom. The second-order valence-electron chi connectivity index (χ2n) is 4.51. The third-order valence-corrected chi connectivity index (χ3v) is 3.91. The fourth-order valence-electron chi connectivity index (χ4n) is 1.86. The highest BCUT2D eigenvalue weighted by atomic mass is 32.2. The van der Waals surface area contributed by atoms with Crippen LogP contribution in [0.5, 0.6) is 0 Å². The highest BCUT2D eigenvalue weighted by molar-refractivity contribution is 8.15. The van der Waals surface area contributed by atoms with E-state index in [2.05, 4.69) is 10.6 Å².